The average molecular weight is 309 g/mol. The number of alkyl halides is 3. The van der Waals surface area contributed by atoms with Gasteiger partial charge in [0.2, 0.25) is 5.82 Å². The van der Waals surface area contributed by atoms with Crippen LogP contribution in [-0.2, 0) is 6.18 Å². The maximum Gasteiger partial charge on any atom is 0.451 e. The van der Waals surface area contributed by atoms with Gasteiger partial charge in [-0.15, -0.1) is 0 Å². The second-order valence-electron chi connectivity index (χ2n) is 4.79. The molecule has 112 valence electrons. The van der Waals surface area contributed by atoms with Crippen LogP contribution in [-0.4, -0.2) is 47.1 Å². The molecule has 2 heterocycles. The molecule has 2 rings (SSSR count). The predicted octanol–water partition coefficient (Wildman–Crippen LogP) is 2.68. The Hall–Kier alpha value is -1.08. The molecule has 1 aromatic rings. The minimum absolute atomic E-state index is 0.187. The van der Waals surface area contributed by atoms with Crippen molar-refractivity contribution in [3.8, 4) is 0 Å². The first-order valence-corrected chi connectivity index (χ1v) is 6.80. The number of halogens is 4. The molecule has 1 aliphatic heterocycles. The molecule has 1 aromatic heterocycles. The Morgan fingerprint density at radius 1 is 1.35 bits per heavy atom. The fraction of sp³-hybridized carbons (Fsp3) is 0.667. The molecule has 0 N–H and O–H groups in total. The zero-order valence-corrected chi connectivity index (χ0v) is 12.0. The number of likely N-dealkylation sites (N-methyl/N-ethyl adjacent to an activating group) is 1. The van der Waals surface area contributed by atoms with E-state index in [2.05, 4.69) is 21.8 Å². The van der Waals surface area contributed by atoms with Crippen LogP contribution in [0, 0.1) is 0 Å². The molecular formula is C12H16ClF3N4. The normalized spacial score (nSPS) is 21.3. The van der Waals surface area contributed by atoms with Gasteiger partial charge in [0.1, 0.15) is 11.0 Å². The second kappa shape index (κ2) is 5.73. The van der Waals surface area contributed by atoms with Crippen molar-refractivity contribution < 1.29 is 13.2 Å². The van der Waals surface area contributed by atoms with Crippen LogP contribution in [0.5, 0.6) is 0 Å². The van der Waals surface area contributed by atoms with Gasteiger partial charge in [-0.2, -0.15) is 13.2 Å². The van der Waals surface area contributed by atoms with Crippen LogP contribution in [0.2, 0.25) is 5.15 Å². The van der Waals surface area contributed by atoms with Gasteiger partial charge >= 0.3 is 6.18 Å². The summed E-state index contributed by atoms with van der Waals surface area (Å²) >= 11 is 5.68. The van der Waals surface area contributed by atoms with Crippen LogP contribution in [0.3, 0.4) is 0 Å². The number of piperazine rings is 1. The first-order chi connectivity index (χ1) is 9.31. The van der Waals surface area contributed by atoms with E-state index in [1.807, 2.05) is 11.8 Å². The molecule has 1 saturated heterocycles. The van der Waals surface area contributed by atoms with E-state index in [0.29, 0.717) is 13.1 Å². The van der Waals surface area contributed by atoms with Gasteiger partial charge < -0.3 is 4.90 Å². The third-order valence-corrected chi connectivity index (χ3v) is 3.62. The first-order valence-electron chi connectivity index (χ1n) is 6.42. The summed E-state index contributed by atoms with van der Waals surface area (Å²) in [5.41, 5.74) is 0. The molecule has 20 heavy (non-hydrogen) atoms. The van der Waals surface area contributed by atoms with Crippen molar-refractivity contribution in [2.75, 3.05) is 31.1 Å². The Bertz CT molecular complexity index is 480. The zero-order chi connectivity index (χ0) is 14.9. The van der Waals surface area contributed by atoms with E-state index in [9.17, 15) is 13.2 Å². The fourth-order valence-electron chi connectivity index (χ4n) is 2.37. The lowest BCUT2D eigenvalue weighted by molar-refractivity contribution is -0.144. The molecule has 0 amide bonds. The molecule has 1 atom stereocenters. The highest BCUT2D eigenvalue weighted by atomic mass is 35.5. The number of rotatable bonds is 2. The summed E-state index contributed by atoms with van der Waals surface area (Å²) in [6.45, 7) is 7.08. The van der Waals surface area contributed by atoms with Crippen LogP contribution in [0.1, 0.15) is 19.7 Å². The van der Waals surface area contributed by atoms with Crippen LogP contribution >= 0.6 is 11.6 Å². The quantitative estimate of drug-likeness (QED) is 0.786. The lowest BCUT2D eigenvalue weighted by atomic mass is 10.2. The maximum absolute atomic E-state index is 12.7. The minimum atomic E-state index is -4.59. The van der Waals surface area contributed by atoms with E-state index in [1.165, 1.54) is 6.07 Å². The Morgan fingerprint density at radius 3 is 2.60 bits per heavy atom. The van der Waals surface area contributed by atoms with Gasteiger partial charge in [0.15, 0.2) is 0 Å². The SMILES string of the molecule is CCN1CCN(c2cc(Cl)nc(C(F)(F)F)n2)CC1C. The number of aromatic nitrogens is 2. The van der Waals surface area contributed by atoms with Crippen molar-refractivity contribution in [1.82, 2.24) is 14.9 Å². The van der Waals surface area contributed by atoms with Crippen molar-refractivity contribution in [2.24, 2.45) is 0 Å². The molecule has 0 radical (unpaired) electrons. The lowest BCUT2D eigenvalue weighted by Gasteiger charge is -2.40. The smallest absolute Gasteiger partial charge is 0.354 e. The van der Waals surface area contributed by atoms with E-state index in [-0.39, 0.29) is 17.0 Å². The molecule has 1 fully saturated rings. The van der Waals surface area contributed by atoms with Crippen LogP contribution in [0.15, 0.2) is 6.07 Å². The van der Waals surface area contributed by atoms with Gasteiger partial charge in [-0.1, -0.05) is 18.5 Å². The Balaban J connectivity index is 2.23. The summed E-state index contributed by atoms with van der Waals surface area (Å²) in [6, 6.07) is 1.64. The van der Waals surface area contributed by atoms with Crippen molar-refractivity contribution in [1.29, 1.82) is 0 Å². The van der Waals surface area contributed by atoms with E-state index in [1.54, 1.807) is 0 Å². The molecular weight excluding hydrogens is 293 g/mol. The molecule has 0 saturated carbocycles. The number of hydrogen-bond acceptors (Lipinski definition) is 4. The largest absolute Gasteiger partial charge is 0.451 e. The number of hydrogen-bond donors (Lipinski definition) is 0. The summed E-state index contributed by atoms with van der Waals surface area (Å²) in [6.07, 6.45) is -4.59. The van der Waals surface area contributed by atoms with Gasteiger partial charge in [-0.05, 0) is 13.5 Å². The molecule has 0 aromatic carbocycles. The third-order valence-electron chi connectivity index (χ3n) is 3.43. The van der Waals surface area contributed by atoms with Gasteiger partial charge in [0, 0.05) is 31.7 Å². The summed E-state index contributed by atoms with van der Waals surface area (Å²) in [5, 5.41) is -0.187. The lowest BCUT2D eigenvalue weighted by Crippen LogP contribution is -2.52. The van der Waals surface area contributed by atoms with Gasteiger partial charge in [0.05, 0.1) is 0 Å². The molecule has 1 unspecified atom stereocenters. The van der Waals surface area contributed by atoms with Crippen LogP contribution in [0.4, 0.5) is 19.0 Å². The van der Waals surface area contributed by atoms with Gasteiger partial charge in [0.25, 0.3) is 0 Å². The molecule has 0 aliphatic carbocycles. The third kappa shape index (κ3) is 3.32. The highest BCUT2D eigenvalue weighted by Crippen LogP contribution is 2.29. The molecule has 0 bridgehead atoms. The summed E-state index contributed by atoms with van der Waals surface area (Å²) in [4.78, 5) is 10.9. The molecule has 1 aliphatic rings. The first kappa shape index (κ1) is 15.3. The summed E-state index contributed by atoms with van der Waals surface area (Å²) in [7, 11) is 0. The van der Waals surface area contributed by atoms with E-state index < -0.39 is 12.0 Å². The minimum Gasteiger partial charge on any atom is -0.354 e. The van der Waals surface area contributed by atoms with Crippen LogP contribution in [0.25, 0.3) is 0 Å². The van der Waals surface area contributed by atoms with Crippen molar-refractivity contribution in [2.45, 2.75) is 26.1 Å². The number of nitrogens with zero attached hydrogens (tertiary/aromatic N) is 4. The fourth-order valence-corrected chi connectivity index (χ4v) is 2.55. The monoisotopic (exact) mass is 308 g/mol. The molecule has 0 spiro atoms. The van der Waals surface area contributed by atoms with E-state index in [4.69, 9.17) is 11.6 Å². The van der Waals surface area contributed by atoms with Crippen LogP contribution < -0.4 is 4.90 Å². The van der Waals surface area contributed by atoms with Gasteiger partial charge in [-0.25, -0.2) is 9.97 Å². The summed E-state index contributed by atoms with van der Waals surface area (Å²) < 4.78 is 38.1. The predicted molar refractivity (Wildman–Crippen MR) is 71.0 cm³/mol. The zero-order valence-electron chi connectivity index (χ0n) is 11.3. The Kier molecular flexibility index (Phi) is 4.39. The standard InChI is InChI=1S/C12H16ClF3N4/c1-3-19-4-5-20(7-8(19)2)10-6-9(13)17-11(18-10)12(14,15)16/h6,8H,3-5,7H2,1-2H3. The van der Waals surface area contributed by atoms with Crippen molar-refractivity contribution in [3.05, 3.63) is 17.0 Å². The van der Waals surface area contributed by atoms with Crippen molar-refractivity contribution >= 4 is 17.4 Å². The highest BCUT2D eigenvalue weighted by Gasteiger charge is 2.36. The Morgan fingerprint density at radius 2 is 2.05 bits per heavy atom. The second-order valence-corrected chi connectivity index (χ2v) is 5.18. The molecule has 4 nitrogen and oxygen atoms in total. The number of anilines is 1. The topological polar surface area (TPSA) is 32.3 Å². The van der Waals surface area contributed by atoms with Crippen molar-refractivity contribution in [3.63, 3.8) is 0 Å². The van der Waals surface area contributed by atoms with E-state index >= 15 is 0 Å². The van der Waals surface area contributed by atoms with Gasteiger partial charge in [-0.3, -0.25) is 4.90 Å². The average Bonchev–Trinajstić information content (AvgIpc) is 2.37. The maximum atomic E-state index is 12.7. The highest BCUT2D eigenvalue weighted by molar-refractivity contribution is 6.29. The Labute approximate surface area is 120 Å². The van der Waals surface area contributed by atoms with E-state index in [0.717, 1.165) is 13.1 Å². The molecule has 8 heteroatoms. The summed E-state index contributed by atoms with van der Waals surface area (Å²) in [5.74, 6) is -0.953.